The maximum atomic E-state index is 13.5. The predicted octanol–water partition coefficient (Wildman–Crippen LogP) is 4.08. The standard InChI is InChI=1S/C20H20F3N3O.C2HF3O2/c21-16-8-13(9-17(22)19(16)23)15-5-4-11(6-18(15)24)10-26-14-3-1-2-12(7-14)20(25)27;3-2(4,5)1(6)7/h1-4,7-9,15,18,26H,5-6,10,24H2,(H2,25,27);(H,6,7)/t15-,18+;/m1./s1. The molecule has 2 aromatic carbocycles. The summed E-state index contributed by atoms with van der Waals surface area (Å²) in [6.45, 7) is 0.523. The first-order valence-electron chi connectivity index (χ1n) is 9.81. The molecule has 6 nitrogen and oxygen atoms in total. The number of hydrogen-bond donors (Lipinski definition) is 4. The van der Waals surface area contributed by atoms with Crippen LogP contribution >= 0.6 is 0 Å². The Hall–Kier alpha value is -3.54. The highest BCUT2D eigenvalue weighted by atomic mass is 19.4. The van der Waals surface area contributed by atoms with Crippen molar-refractivity contribution >= 4 is 17.6 Å². The molecular weight excluding hydrogens is 468 g/mol. The molecule has 0 radical (unpaired) electrons. The van der Waals surface area contributed by atoms with E-state index in [1.165, 1.54) is 0 Å². The summed E-state index contributed by atoms with van der Waals surface area (Å²) in [5.41, 5.74) is 14.0. The van der Waals surface area contributed by atoms with Gasteiger partial charge in [0.2, 0.25) is 5.91 Å². The van der Waals surface area contributed by atoms with Crippen molar-refractivity contribution in [1.82, 2.24) is 0 Å². The number of nitrogens with one attached hydrogen (secondary N) is 1. The Morgan fingerprint density at radius 1 is 1.09 bits per heavy atom. The summed E-state index contributed by atoms with van der Waals surface area (Å²) in [6, 6.07) is 8.53. The monoisotopic (exact) mass is 489 g/mol. The summed E-state index contributed by atoms with van der Waals surface area (Å²) in [5, 5.41) is 10.3. The molecule has 0 saturated carbocycles. The quantitative estimate of drug-likeness (QED) is 0.287. The number of carbonyl (C=O) groups excluding carboxylic acids is 1. The second-order valence-electron chi connectivity index (χ2n) is 7.47. The number of carbonyl (C=O) groups is 2. The molecule has 6 N–H and O–H groups in total. The van der Waals surface area contributed by atoms with Crippen LogP contribution in [0.15, 0.2) is 48.0 Å². The molecular formula is C22H21F6N3O3. The highest BCUT2D eigenvalue weighted by Crippen LogP contribution is 2.33. The molecule has 1 aliphatic carbocycles. The van der Waals surface area contributed by atoms with E-state index in [4.69, 9.17) is 21.4 Å². The molecule has 0 unspecified atom stereocenters. The molecule has 0 fully saturated rings. The van der Waals surface area contributed by atoms with E-state index in [1.807, 2.05) is 12.1 Å². The van der Waals surface area contributed by atoms with Gasteiger partial charge in [-0.2, -0.15) is 13.2 Å². The lowest BCUT2D eigenvalue weighted by molar-refractivity contribution is -0.192. The van der Waals surface area contributed by atoms with Gasteiger partial charge in [0, 0.05) is 29.8 Å². The molecule has 0 spiro atoms. The van der Waals surface area contributed by atoms with Gasteiger partial charge in [-0.1, -0.05) is 17.7 Å². The Balaban J connectivity index is 0.000000509. The Labute approximate surface area is 190 Å². The van der Waals surface area contributed by atoms with Crippen molar-refractivity contribution in [3.05, 3.63) is 76.6 Å². The molecule has 1 aliphatic rings. The summed E-state index contributed by atoms with van der Waals surface area (Å²) in [6.07, 6.45) is -2.07. The van der Waals surface area contributed by atoms with Crippen LogP contribution in [0.1, 0.15) is 34.7 Å². The van der Waals surface area contributed by atoms with Gasteiger partial charge in [0.15, 0.2) is 17.5 Å². The number of hydrogen-bond acceptors (Lipinski definition) is 4. The Bertz CT molecular complexity index is 1060. The van der Waals surface area contributed by atoms with Gasteiger partial charge in [0.1, 0.15) is 0 Å². The van der Waals surface area contributed by atoms with Gasteiger partial charge < -0.3 is 21.9 Å². The van der Waals surface area contributed by atoms with Gasteiger partial charge in [0.05, 0.1) is 0 Å². The minimum Gasteiger partial charge on any atom is -0.475 e. The van der Waals surface area contributed by atoms with Crippen molar-refractivity contribution in [3.63, 3.8) is 0 Å². The van der Waals surface area contributed by atoms with Crippen molar-refractivity contribution in [1.29, 1.82) is 0 Å². The van der Waals surface area contributed by atoms with E-state index < -0.39 is 35.5 Å². The first-order chi connectivity index (χ1) is 15.8. The van der Waals surface area contributed by atoms with Crippen LogP contribution in [0.5, 0.6) is 0 Å². The molecule has 0 heterocycles. The number of benzene rings is 2. The summed E-state index contributed by atoms with van der Waals surface area (Å²) >= 11 is 0. The number of halogens is 6. The maximum Gasteiger partial charge on any atom is 0.490 e. The largest absolute Gasteiger partial charge is 0.490 e. The topological polar surface area (TPSA) is 118 Å². The Morgan fingerprint density at radius 2 is 1.68 bits per heavy atom. The highest BCUT2D eigenvalue weighted by molar-refractivity contribution is 5.93. The molecule has 12 heteroatoms. The zero-order chi connectivity index (χ0) is 25.6. The summed E-state index contributed by atoms with van der Waals surface area (Å²) in [5.74, 6) is -7.42. The summed E-state index contributed by atoms with van der Waals surface area (Å²) < 4.78 is 71.8. The number of carboxylic acid groups (broad SMARTS) is 1. The molecule has 2 atom stereocenters. The average molecular weight is 489 g/mol. The maximum absolute atomic E-state index is 13.5. The molecule has 0 aliphatic heterocycles. The minimum atomic E-state index is -5.08. The first kappa shape index (κ1) is 26.7. The van der Waals surface area contributed by atoms with Crippen LogP contribution in [-0.2, 0) is 4.79 Å². The fourth-order valence-corrected chi connectivity index (χ4v) is 3.31. The van der Waals surface area contributed by atoms with Gasteiger partial charge in [0.25, 0.3) is 0 Å². The number of carboxylic acids is 1. The van der Waals surface area contributed by atoms with Crippen molar-refractivity contribution in [2.24, 2.45) is 11.5 Å². The van der Waals surface area contributed by atoms with Gasteiger partial charge in [-0.15, -0.1) is 0 Å². The molecule has 34 heavy (non-hydrogen) atoms. The molecule has 0 bridgehead atoms. The lowest BCUT2D eigenvalue weighted by Gasteiger charge is -2.29. The number of rotatable bonds is 5. The SMILES string of the molecule is NC(=O)c1cccc(NCC2=CC[C@H](c3cc(F)c(F)c(F)c3)[C@@H](N)C2)c1.O=C(O)C(F)(F)F. The van der Waals surface area contributed by atoms with E-state index in [2.05, 4.69) is 5.32 Å². The molecule has 2 aromatic rings. The Kier molecular flexibility index (Phi) is 8.68. The fraction of sp³-hybridized carbons (Fsp3) is 0.273. The Morgan fingerprint density at radius 3 is 2.18 bits per heavy atom. The van der Waals surface area contributed by atoms with E-state index >= 15 is 0 Å². The molecule has 0 saturated heterocycles. The van der Waals surface area contributed by atoms with Gasteiger partial charge in [-0.05, 0) is 48.7 Å². The number of nitrogens with two attached hydrogens (primary N) is 2. The number of alkyl halides is 3. The number of primary amides is 1. The van der Waals surface area contributed by atoms with Crippen LogP contribution < -0.4 is 16.8 Å². The van der Waals surface area contributed by atoms with Crippen LogP contribution in [0.2, 0.25) is 0 Å². The fourth-order valence-electron chi connectivity index (χ4n) is 3.31. The lowest BCUT2D eigenvalue weighted by Crippen LogP contribution is -2.32. The zero-order valence-electron chi connectivity index (χ0n) is 17.5. The smallest absolute Gasteiger partial charge is 0.475 e. The molecule has 184 valence electrons. The van der Waals surface area contributed by atoms with Crippen LogP contribution in [0.25, 0.3) is 0 Å². The third-order valence-electron chi connectivity index (χ3n) is 5.02. The van der Waals surface area contributed by atoms with Crippen LogP contribution in [-0.4, -0.2) is 35.7 Å². The lowest BCUT2D eigenvalue weighted by atomic mass is 9.81. The minimum absolute atomic E-state index is 0.281. The van der Waals surface area contributed by atoms with Crippen LogP contribution in [0, 0.1) is 17.5 Å². The predicted molar refractivity (Wildman–Crippen MR) is 111 cm³/mol. The average Bonchev–Trinajstić information content (AvgIpc) is 2.75. The number of aliphatic carboxylic acids is 1. The molecule has 3 rings (SSSR count). The second-order valence-corrected chi connectivity index (χ2v) is 7.47. The first-order valence-corrected chi connectivity index (χ1v) is 9.81. The van der Waals surface area contributed by atoms with E-state index in [9.17, 15) is 31.1 Å². The summed E-state index contributed by atoms with van der Waals surface area (Å²) in [7, 11) is 0. The van der Waals surface area contributed by atoms with Gasteiger partial charge in [-0.25, -0.2) is 18.0 Å². The van der Waals surface area contributed by atoms with Crippen molar-refractivity contribution in [3.8, 4) is 0 Å². The van der Waals surface area contributed by atoms with Crippen LogP contribution in [0.4, 0.5) is 32.0 Å². The summed E-state index contributed by atoms with van der Waals surface area (Å²) in [4.78, 5) is 20.1. The third kappa shape index (κ3) is 7.24. The van der Waals surface area contributed by atoms with E-state index in [-0.39, 0.29) is 12.0 Å². The van der Waals surface area contributed by atoms with Crippen molar-refractivity contribution in [2.45, 2.75) is 31.0 Å². The van der Waals surface area contributed by atoms with Crippen molar-refractivity contribution < 1.29 is 41.0 Å². The van der Waals surface area contributed by atoms with Crippen LogP contribution in [0.3, 0.4) is 0 Å². The zero-order valence-corrected chi connectivity index (χ0v) is 17.5. The number of anilines is 1. The number of amides is 1. The van der Waals surface area contributed by atoms with E-state index in [0.717, 1.165) is 23.4 Å². The van der Waals surface area contributed by atoms with Crippen molar-refractivity contribution in [2.75, 3.05) is 11.9 Å². The molecule has 0 aromatic heterocycles. The normalized spacial score (nSPS) is 17.8. The van der Waals surface area contributed by atoms with Gasteiger partial charge >= 0.3 is 12.1 Å². The molecule has 1 amide bonds. The number of allylic oxidation sites excluding steroid dienone is 1. The second kappa shape index (κ2) is 11.1. The van der Waals surface area contributed by atoms with E-state index in [1.54, 1.807) is 18.2 Å². The van der Waals surface area contributed by atoms with Gasteiger partial charge in [-0.3, -0.25) is 4.79 Å². The highest BCUT2D eigenvalue weighted by Gasteiger charge is 2.38. The van der Waals surface area contributed by atoms with E-state index in [0.29, 0.717) is 30.5 Å². The third-order valence-corrected chi connectivity index (χ3v) is 5.02.